The lowest BCUT2D eigenvalue weighted by atomic mass is 10.2. The number of rotatable bonds is 2. The minimum atomic E-state index is -1.04. The van der Waals surface area contributed by atoms with Gasteiger partial charge < -0.3 is 5.11 Å². The zero-order chi connectivity index (χ0) is 14.3. The highest BCUT2D eigenvalue weighted by Crippen LogP contribution is 2.42. The van der Waals surface area contributed by atoms with Crippen LogP contribution in [0.5, 0.6) is 0 Å². The van der Waals surface area contributed by atoms with Crippen LogP contribution in [-0.2, 0) is 9.59 Å². The van der Waals surface area contributed by atoms with Crippen molar-refractivity contribution in [2.75, 3.05) is 16.4 Å². The number of carbonyl (C=O) groups excluding carboxylic acids is 2. The van der Waals surface area contributed by atoms with E-state index in [1.807, 2.05) is 0 Å². The van der Waals surface area contributed by atoms with Crippen LogP contribution in [0.2, 0.25) is 0 Å². The van der Waals surface area contributed by atoms with Crippen LogP contribution in [0.15, 0.2) is 34.1 Å². The Hall–Kier alpha value is -1.73. The maximum absolute atomic E-state index is 12.3. The summed E-state index contributed by atoms with van der Waals surface area (Å²) >= 11 is 2.81. The molecule has 1 aromatic carbocycles. The number of carboxylic acid groups (broad SMARTS) is 1. The summed E-state index contributed by atoms with van der Waals surface area (Å²) < 4.78 is 0. The van der Waals surface area contributed by atoms with Gasteiger partial charge in [-0.3, -0.25) is 9.59 Å². The van der Waals surface area contributed by atoms with Gasteiger partial charge in [0.2, 0.25) is 0 Å². The molecule has 1 aromatic rings. The highest BCUT2D eigenvalue weighted by atomic mass is 32.2. The third-order valence-electron chi connectivity index (χ3n) is 2.95. The third kappa shape index (κ3) is 2.03. The van der Waals surface area contributed by atoms with Crippen LogP contribution in [0, 0.1) is 0 Å². The summed E-state index contributed by atoms with van der Waals surface area (Å²) in [4.78, 5) is 37.5. The molecule has 0 spiro atoms. The average molecular weight is 307 g/mol. The Morgan fingerprint density at radius 2 is 1.50 bits per heavy atom. The molecule has 0 saturated heterocycles. The summed E-state index contributed by atoms with van der Waals surface area (Å²) in [6, 6.07) is 5.73. The number of amides is 2. The molecule has 0 atom stereocenters. The predicted molar refractivity (Wildman–Crippen MR) is 77.8 cm³/mol. The van der Waals surface area contributed by atoms with Gasteiger partial charge in [-0.25, -0.2) is 9.69 Å². The number of hydrogen-bond acceptors (Lipinski definition) is 5. The number of carboxylic acids is 1. The fourth-order valence-corrected chi connectivity index (χ4v) is 4.31. The topological polar surface area (TPSA) is 74.7 Å². The molecular weight excluding hydrogens is 298 g/mol. The minimum Gasteiger partial charge on any atom is -0.478 e. The molecule has 0 fully saturated rings. The van der Waals surface area contributed by atoms with E-state index in [4.69, 9.17) is 5.11 Å². The van der Waals surface area contributed by atoms with Crippen LogP contribution in [-0.4, -0.2) is 34.4 Å². The molecule has 5 nitrogen and oxygen atoms in total. The van der Waals surface area contributed by atoms with Gasteiger partial charge in [-0.05, 0) is 24.3 Å². The van der Waals surface area contributed by atoms with Gasteiger partial charge in [0.25, 0.3) is 11.8 Å². The average Bonchev–Trinajstić information content (AvgIpc) is 2.72. The van der Waals surface area contributed by atoms with Crippen LogP contribution in [0.25, 0.3) is 0 Å². The zero-order valence-electron chi connectivity index (χ0n) is 10.2. The van der Waals surface area contributed by atoms with E-state index in [-0.39, 0.29) is 17.4 Å². The Labute approximate surface area is 123 Å². The van der Waals surface area contributed by atoms with Gasteiger partial charge in [0.15, 0.2) is 0 Å². The Balaban J connectivity index is 1.94. The fraction of sp³-hybridized carbons (Fsp3) is 0.154. The molecule has 0 unspecified atom stereocenters. The van der Waals surface area contributed by atoms with Gasteiger partial charge in [-0.1, -0.05) is 0 Å². The molecule has 1 N–H and O–H groups in total. The van der Waals surface area contributed by atoms with Crippen molar-refractivity contribution in [2.24, 2.45) is 0 Å². The standard InChI is InChI=1S/C13H9NO4S2/c15-11-9-10(20-6-5-19-9)12(16)14(11)8-3-1-7(2-4-8)13(17)18/h1-4H,5-6H2,(H,17,18). The van der Waals surface area contributed by atoms with Gasteiger partial charge in [0.1, 0.15) is 0 Å². The molecule has 2 aliphatic heterocycles. The lowest BCUT2D eigenvalue weighted by Crippen LogP contribution is -2.31. The summed E-state index contributed by atoms with van der Waals surface area (Å²) in [7, 11) is 0. The number of hydrogen-bond donors (Lipinski definition) is 1. The van der Waals surface area contributed by atoms with Gasteiger partial charge in [0, 0.05) is 11.5 Å². The normalized spacial score (nSPS) is 18.5. The van der Waals surface area contributed by atoms with Crippen LogP contribution in [0.3, 0.4) is 0 Å². The Morgan fingerprint density at radius 3 is 1.95 bits per heavy atom. The van der Waals surface area contributed by atoms with E-state index in [0.29, 0.717) is 15.5 Å². The second-order valence-corrected chi connectivity index (χ2v) is 6.36. The Bertz CT molecular complexity index is 623. The molecule has 7 heteroatoms. The first kappa shape index (κ1) is 13.3. The van der Waals surface area contributed by atoms with E-state index in [1.54, 1.807) is 0 Å². The van der Waals surface area contributed by atoms with Gasteiger partial charge in [-0.15, -0.1) is 23.5 Å². The van der Waals surface area contributed by atoms with E-state index in [0.717, 1.165) is 16.4 Å². The number of benzene rings is 1. The molecule has 20 heavy (non-hydrogen) atoms. The molecule has 0 aliphatic carbocycles. The molecule has 3 rings (SSSR count). The molecule has 2 amide bonds. The van der Waals surface area contributed by atoms with E-state index in [9.17, 15) is 14.4 Å². The third-order valence-corrected chi connectivity index (χ3v) is 5.49. The van der Waals surface area contributed by atoms with Crippen LogP contribution in [0.1, 0.15) is 10.4 Å². The summed E-state index contributed by atoms with van der Waals surface area (Å²) in [6.07, 6.45) is 0. The van der Waals surface area contributed by atoms with Gasteiger partial charge in [0.05, 0.1) is 21.1 Å². The summed E-state index contributed by atoms with van der Waals surface area (Å²) in [5, 5.41) is 8.85. The number of thioether (sulfide) groups is 2. The van der Waals surface area contributed by atoms with Crippen molar-refractivity contribution in [1.29, 1.82) is 0 Å². The van der Waals surface area contributed by atoms with Crippen molar-refractivity contribution in [1.82, 2.24) is 0 Å². The van der Waals surface area contributed by atoms with Crippen molar-refractivity contribution >= 4 is 47.0 Å². The quantitative estimate of drug-likeness (QED) is 0.842. The van der Waals surface area contributed by atoms with Crippen molar-refractivity contribution in [2.45, 2.75) is 0 Å². The first-order valence-electron chi connectivity index (χ1n) is 5.81. The second-order valence-electron chi connectivity index (χ2n) is 4.15. The SMILES string of the molecule is O=C(O)c1ccc(N2C(=O)C3=C(SCCS3)C2=O)cc1. The van der Waals surface area contributed by atoms with E-state index < -0.39 is 5.97 Å². The summed E-state index contributed by atoms with van der Waals surface area (Å²) in [5.41, 5.74) is 0.523. The first-order valence-corrected chi connectivity index (χ1v) is 7.78. The summed E-state index contributed by atoms with van der Waals surface area (Å²) in [5.74, 6) is -0.0440. The number of imide groups is 1. The molecule has 0 bridgehead atoms. The second kappa shape index (κ2) is 4.99. The van der Waals surface area contributed by atoms with Crippen molar-refractivity contribution < 1.29 is 19.5 Å². The predicted octanol–water partition coefficient (Wildman–Crippen LogP) is 1.95. The molecule has 102 valence electrons. The lowest BCUT2D eigenvalue weighted by molar-refractivity contribution is -0.120. The van der Waals surface area contributed by atoms with E-state index in [1.165, 1.54) is 47.8 Å². The maximum atomic E-state index is 12.3. The van der Waals surface area contributed by atoms with E-state index in [2.05, 4.69) is 0 Å². The summed E-state index contributed by atoms with van der Waals surface area (Å²) in [6.45, 7) is 0. The molecule has 0 aromatic heterocycles. The van der Waals surface area contributed by atoms with Crippen LogP contribution < -0.4 is 4.90 Å². The van der Waals surface area contributed by atoms with Gasteiger partial charge in [-0.2, -0.15) is 0 Å². The van der Waals surface area contributed by atoms with Gasteiger partial charge >= 0.3 is 5.97 Å². The molecule has 2 heterocycles. The molecule has 0 radical (unpaired) electrons. The molecule has 0 saturated carbocycles. The van der Waals surface area contributed by atoms with Crippen LogP contribution >= 0.6 is 23.5 Å². The number of carbonyl (C=O) groups is 3. The minimum absolute atomic E-state index is 0.120. The number of nitrogens with zero attached hydrogens (tertiary/aromatic N) is 1. The largest absolute Gasteiger partial charge is 0.478 e. The maximum Gasteiger partial charge on any atom is 0.335 e. The highest BCUT2D eigenvalue weighted by molar-refractivity contribution is 8.11. The Morgan fingerprint density at radius 1 is 1.00 bits per heavy atom. The highest BCUT2D eigenvalue weighted by Gasteiger charge is 2.41. The first-order chi connectivity index (χ1) is 9.59. The van der Waals surface area contributed by atoms with Crippen molar-refractivity contribution in [3.63, 3.8) is 0 Å². The van der Waals surface area contributed by atoms with Crippen molar-refractivity contribution in [3.8, 4) is 0 Å². The lowest BCUT2D eigenvalue weighted by Gasteiger charge is -2.14. The van der Waals surface area contributed by atoms with Crippen LogP contribution in [0.4, 0.5) is 5.69 Å². The number of aromatic carboxylic acids is 1. The molecule has 2 aliphatic rings. The molecular formula is C13H9NO4S2. The Kier molecular flexibility index (Phi) is 3.31. The zero-order valence-corrected chi connectivity index (χ0v) is 11.8. The fourth-order valence-electron chi connectivity index (χ4n) is 2.02. The monoisotopic (exact) mass is 307 g/mol. The smallest absolute Gasteiger partial charge is 0.335 e. The number of anilines is 1. The van der Waals surface area contributed by atoms with Crippen molar-refractivity contribution in [3.05, 3.63) is 39.6 Å². The van der Waals surface area contributed by atoms with E-state index >= 15 is 0 Å².